The van der Waals surface area contributed by atoms with Gasteiger partial charge in [0.1, 0.15) is 0 Å². The van der Waals surface area contributed by atoms with E-state index in [1.807, 2.05) is 30.3 Å². The van der Waals surface area contributed by atoms with E-state index in [0.717, 1.165) is 29.7 Å². The van der Waals surface area contributed by atoms with Crippen molar-refractivity contribution < 1.29 is 4.79 Å². The molecule has 2 N–H and O–H groups in total. The van der Waals surface area contributed by atoms with Crippen molar-refractivity contribution in [2.45, 2.75) is 33.6 Å². The predicted molar refractivity (Wildman–Crippen MR) is 80.6 cm³/mol. The second-order valence-corrected chi connectivity index (χ2v) is 5.96. The van der Waals surface area contributed by atoms with Gasteiger partial charge in [0.05, 0.1) is 0 Å². The summed E-state index contributed by atoms with van der Waals surface area (Å²) in [6, 6.07) is 7.71. The molecule has 2 heteroatoms. The Bertz CT molecular complexity index is 484. The summed E-state index contributed by atoms with van der Waals surface area (Å²) in [5.74, 6) is 1.32. The number of anilines is 1. The van der Waals surface area contributed by atoms with Crippen molar-refractivity contribution >= 4 is 17.5 Å². The third-order valence-corrected chi connectivity index (χ3v) is 4.13. The standard InChI is InChI=1S/C17H23NO/c1-11(2)15-9-4-12(3)16(17(15)19)10-13-5-7-14(18)8-6-13/h5-8,10-12,15H,4,9,18H2,1-3H3/b16-10+/t12-,15+/m0/s1. The Morgan fingerprint density at radius 1 is 1.21 bits per heavy atom. The summed E-state index contributed by atoms with van der Waals surface area (Å²) < 4.78 is 0. The number of carbonyl (C=O) groups excluding carboxylic acids is 1. The van der Waals surface area contributed by atoms with Gasteiger partial charge in [0.25, 0.3) is 0 Å². The van der Waals surface area contributed by atoms with E-state index in [1.54, 1.807) is 0 Å². The first-order chi connectivity index (χ1) is 8.99. The molecule has 0 aliphatic heterocycles. The quantitative estimate of drug-likeness (QED) is 0.644. The predicted octanol–water partition coefficient (Wildman–Crippen LogP) is 3.92. The van der Waals surface area contributed by atoms with E-state index in [-0.39, 0.29) is 5.92 Å². The van der Waals surface area contributed by atoms with Crippen molar-refractivity contribution in [2.24, 2.45) is 17.8 Å². The first-order valence-electron chi connectivity index (χ1n) is 7.10. The van der Waals surface area contributed by atoms with Gasteiger partial charge in [-0.2, -0.15) is 0 Å². The lowest BCUT2D eigenvalue weighted by atomic mass is 9.73. The van der Waals surface area contributed by atoms with Crippen LogP contribution < -0.4 is 5.73 Å². The number of allylic oxidation sites excluding steroid dienone is 1. The molecule has 0 spiro atoms. The molecule has 0 radical (unpaired) electrons. The fourth-order valence-corrected chi connectivity index (χ4v) is 2.79. The molecule has 1 aliphatic rings. The summed E-state index contributed by atoms with van der Waals surface area (Å²) in [5.41, 5.74) is 8.49. The number of rotatable bonds is 2. The number of nitrogen functional groups attached to an aromatic ring is 1. The van der Waals surface area contributed by atoms with Crippen LogP contribution in [-0.4, -0.2) is 5.78 Å². The van der Waals surface area contributed by atoms with Gasteiger partial charge in [0, 0.05) is 11.6 Å². The van der Waals surface area contributed by atoms with Gasteiger partial charge in [-0.25, -0.2) is 0 Å². The van der Waals surface area contributed by atoms with Crippen LogP contribution in [0.2, 0.25) is 0 Å². The normalized spacial score (nSPS) is 26.1. The number of ketones is 1. The van der Waals surface area contributed by atoms with Crippen LogP contribution in [0.25, 0.3) is 6.08 Å². The highest BCUT2D eigenvalue weighted by atomic mass is 16.1. The van der Waals surface area contributed by atoms with Gasteiger partial charge < -0.3 is 5.73 Å². The summed E-state index contributed by atoms with van der Waals surface area (Å²) in [6.45, 7) is 6.43. The van der Waals surface area contributed by atoms with Crippen molar-refractivity contribution in [2.75, 3.05) is 5.73 Å². The average molecular weight is 257 g/mol. The molecule has 1 saturated carbocycles. The van der Waals surface area contributed by atoms with E-state index < -0.39 is 0 Å². The molecule has 2 atom stereocenters. The van der Waals surface area contributed by atoms with Gasteiger partial charge in [-0.3, -0.25) is 4.79 Å². The molecule has 0 saturated heterocycles. The Morgan fingerprint density at radius 3 is 2.42 bits per heavy atom. The second-order valence-electron chi connectivity index (χ2n) is 5.96. The van der Waals surface area contributed by atoms with E-state index in [0.29, 0.717) is 17.6 Å². The van der Waals surface area contributed by atoms with Gasteiger partial charge in [-0.1, -0.05) is 32.9 Å². The van der Waals surface area contributed by atoms with Gasteiger partial charge in [-0.15, -0.1) is 0 Å². The summed E-state index contributed by atoms with van der Waals surface area (Å²) in [7, 11) is 0. The Balaban J connectivity index is 2.29. The third kappa shape index (κ3) is 3.06. The molecule has 19 heavy (non-hydrogen) atoms. The summed E-state index contributed by atoms with van der Waals surface area (Å²) in [5, 5.41) is 0. The zero-order valence-electron chi connectivity index (χ0n) is 12.0. The van der Waals surface area contributed by atoms with Crippen molar-refractivity contribution in [3.63, 3.8) is 0 Å². The molecule has 0 aromatic heterocycles. The highest BCUT2D eigenvalue weighted by molar-refractivity contribution is 6.02. The summed E-state index contributed by atoms with van der Waals surface area (Å²) in [4.78, 5) is 12.6. The van der Waals surface area contributed by atoms with Crippen LogP contribution in [-0.2, 0) is 4.79 Å². The number of benzene rings is 1. The Hall–Kier alpha value is -1.57. The van der Waals surface area contributed by atoms with Crippen LogP contribution in [0.5, 0.6) is 0 Å². The minimum absolute atomic E-state index is 0.191. The Morgan fingerprint density at radius 2 is 1.84 bits per heavy atom. The van der Waals surface area contributed by atoms with E-state index in [9.17, 15) is 4.79 Å². The van der Waals surface area contributed by atoms with Crippen molar-refractivity contribution in [3.05, 3.63) is 35.4 Å². The third-order valence-electron chi connectivity index (χ3n) is 4.13. The Labute approximate surface area is 115 Å². The van der Waals surface area contributed by atoms with Gasteiger partial charge in [-0.05, 0) is 54.0 Å². The zero-order valence-corrected chi connectivity index (χ0v) is 12.0. The van der Waals surface area contributed by atoms with Crippen LogP contribution in [0.3, 0.4) is 0 Å². The van der Waals surface area contributed by atoms with Crippen molar-refractivity contribution in [3.8, 4) is 0 Å². The lowest BCUT2D eigenvalue weighted by Gasteiger charge is -2.30. The fraction of sp³-hybridized carbons (Fsp3) is 0.471. The van der Waals surface area contributed by atoms with E-state index >= 15 is 0 Å². The molecule has 2 rings (SSSR count). The molecule has 0 unspecified atom stereocenters. The van der Waals surface area contributed by atoms with Crippen molar-refractivity contribution in [1.82, 2.24) is 0 Å². The number of hydrogen-bond donors (Lipinski definition) is 1. The number of nitrogens with two attached hydrogens (primary N) is 1. The topological polar surface area (TPSA) is 43.1 Å². The maximum Gasteiger partial charge on any atom is 0.162 e. The zero-order chi connectivity index (χ0) is 14.0. The molecule has 1 aromatic rings. The minimum Gasteiger partial charge on any atom is -0.399 e. The SMILES string of the molecule is CC(C)[C@H]1CC[C@H](C)/C(=C\c2ccc(N)cc2)C1=O. The lowest BCUT2D eigenvalue weighted by Crippen LogP contribution is -2.30. The highest BCUT2D eigenvalue weighted by Crippen LogP contribution is 2.35. The number of carbonyl (C=O) groups is 1. The second kappa shape index (κ2) is 5.60. The molecule has 1 fully saturated rings. The van der Waals surface area contributed by atoms with Crippen LogP contribution in [0.4, 0.5) is 5.69 Å². The lowest BCUT2D eigenvalue weighted by molar-refractivity contribution is -0.122. The molecule has 0 heterocycles. The maximum atomic E-state index is 12.6. The molecule has 2 nitrogen and oxygen atoms in total. The highest BCUT2D eigenvalue weighted by Gasteiger charge is 2.32. The molecule has 1 aliphatic carbocycles. The minimum atomic E-state index is 0.191. The number of Topliss-reactive ketones (excluding diaryl/α,β-unsaturated/α-hetero) is 1. The summed E-state index contributed by atoms with van der Waals surface area (Å²) in [6.07, 6.45) is 4.17. The monoisotopic (exact) mass is 257 g/mol. The number of hydrogen-bond acceptors (Lipinski definition) is 2. The van der Waals surface area contributed by atoms with E-state index in [4.69, 9.17) is 5.73 Å². The van der Waals surface area contributed by atoms with E-state index in [1.165, 1.54) is 0 Å². The molecule has 102 valence electrons. The van der Waals surface area contributed by atoms with Crippen LogP contribution >= 0.6 is 0 Å². The molecular formula is C17H23NO. The van der Waals surface area contributed by atoms with Crippen LogP contribution in [0.15, 0.2) is 29.8 Å². The largest absolute Gasteiger partial charge is 0.399 e. The van der Waals surface area contributed by atoms with E-state index in [2.05, 4.69) is 20.8 Å². The van der Waals surface area contributed by atoms with Crippen LogP contribution in [0.1, 0.15) is 39.2 Å². The Kier molecular flexibility index (Phi) is 4.08. The van der Waals surface area contributed by atoms with Crippen molar-refractivity contribution in [1.29, 1.82) is 0 Å². The van der Waals surface area contributed by atoms with Gasteiger partial charge in [0.2, 0.25) is 0 Å². The smallest absolute Gasteiger partial charge is 0.162 e. The first kappa shape index (κ1) is 13.9. The first-order valence-corrected chi connectivity index (χ1v) is 7.10. The van der Waals surface area contributed by atoms with Gasteiger partial charge in [0.15, 0.2) is 5.78 Å². The average Bonchev–Trinajstić information content (AvgIpc) is 2.36. The van der Waals surface area contributed by atoms with Gasteiger partial charge >= 0.3 is 0 Å². The summed E-state index contributed by atoms with van der Waals surface area (Å²) >= 11 is 0. The fourth-order valence-electron chi connectivity index (χ4n) is 2.79. The molecule has 0 bridgehead atoms. The maximum absolute atomic E-state index is 12.6. The molecular weight excluding hydrogens is 234 g/mol. The van der Waals surface area contributed by atoms with Crippen LogP contribution in [0, 0.1) is 17.8 Å². The molecule has 0 amide bonds. The molecule has 1 aromatic carbocycles.